The Bertz CT molecular complexity index is 903. The van der Waals surface area contributed by atoms with Gasteiger partial charge in [-0.15, -0.1) is 11.3 Å². The van der Waals surface area contributed by atoms with Crippen LogP contribution in [0.1, 0.15) is 16.2 Å². The van der Waals surface area contributed by atoms with E-state index in [9.17, 15) is 18.0 Å². The molecule has 0 atom stereocenters. The first kappa shape index (κ1) is 16.5. The summed E-state index contributed by atoms with van der Waals surface area (Å²) in [5.41, 5.74) is -0.791. The van der Waals surface area contributed by atoms with Crippen molar-refractivity contribution < 1.29 is 23.1 Å². The molecule has 0 radical (unpaired) electrons. The van der Waals surface area contributed by atoms with Gasteiger partial charge in [-0.2, -0.15) is 18.3 Å². The number of benzene rings is 1. The van der Waals surface area contributed by atoms with Crippen LogP contribution in [0.2, 0.25) is 5.02 Å². The molecule has 2 aromatic heterocycles. The lowest BCUT2D eigenvalue weighted by Gasteiger charge is -2.04. The van der Waals surface area contributed by atoms with Gasteiger partial charge < -0.3 is 5.11 Å². The van der Waals surface area contributed by atoms with Gasteiger partial charge in [-0.3, -0.25) is 0 Å². The van der Waals surface area contributed by atoms with Crippen LogP contribution in [0.25, 0.3) is 16.4 Å². The van der Waals surface area contributed by atoms with Crippen LogP contribution in [0.3, 0.4) is 0 Å². The number of nitrogens with zero attached hydrogens (tertiary/aromatic N) is 3. The smallest absolute Gasteiger partial charge is 0.435 e. The molecule has 0 spiro atoms. The second-order valence-electron chi connectivity index (χ2n) is 4.65. The fraction of sp³-hybridized carbons (Fsp3) is 0.0714. The third kappa shape index (κ3) is 3.13. The van der Waals surface area contributed by atoms with Gasteiger partial charge in [0.15, 0.2) is 11.4 Å². The fourth-order valence-corrected chi connectivity index (χ4v) is 2.84. The molecule has 0 bridgehead atoms. The largest absolute Gasteiger partial charge is 0.476 e. The molecule has 0 fully saturated rings. The molecular weight excluding hydrogens is 367 g/mol. The minimum Gasteiger partial charge on any atom is -0.476 e. The average Bonchev–Trinajstić information content (AvgIpc) is 3.14. The van der Waals surface area contributed by atoms with E-state index in [1.54, 1.807) is 12.1 Å². The maximum absolute atomic E-state index is 13.0. The number of carboxylic acid groups (broad SMARTS) is 1. The summed E-state index contributed by atoms with van der Waals surface area (Å²) in [5.74, 6) is -1.27. The van der Waals surface area contributed by atoms with E-state index < -0.39 is 17.8 Å². The fourth-order valence-electron chi connectivity index (χ4n) is 1.95. The Morgan fingerprint density at radius 3 is 2.46 bits per heavy atom. The molecule has 1 N–H and O–H groups in total. The van der Waals surface area contributed by atoms with Crippen molar-refractivity contribution in [1.29, 1.82) is 0 Å². The number of aromatic carboxylic acids is 1. The van der Waals surface area contributed by atoms with E-state index in [4.69, 9.17) is 16.7 Å². The molecule has 3 aromatic rings. The highest BCUT2D eigenvalue weighted by atomic mass is 35.5. The predicted molar refractivity (Wildman–Crippen MR) is 81.6 cm³/mol. The summed E-state index contributed by atoms with van der Waals surface area (Å²) in [5, 5.41) is 14.1. The highest BCUT2D eigenvalue weighted by Crippen LogP contribution is 2.34. The van der Waals surface area contributed by atoms with Crippen molar-refractivity contribution in [2.75, 3.05) is 0 Å². The Hall–Kier alpha value is -2.39. The van der Waals surface area contributed by atoms with Gasteiger partial charge in [0.1, 0.15) is 0 Å². The van der Waals surface area contributed by atoms with Gasteiger partial charge in [0.25, 0.3) is 0 Å². The van der Waals surface area contributed by atoms with Gasteiger partial charge >= 0.3 is 12.1 Å². The maximum atomic E-state index is 13.0. The third-order valence-electron chi connectivity index (χ3n) is 3.03. The Morgan fingerprint density at radius 1 is 1.25 bits per heavy atom. The normalized spacial score (nSPS) is 11.7. The molecule has 10 heteroatoms. The van der Waals surface area contributed by atoms with E-state index in [2.05, 4.69) is 10.1 Å². The number of thiazole rings is 1. The third-order valence-corrected chi connectivity index (χ3v) is 4.10. The molecule has 0 amide bonds. The quantitative estimate of drug-likeness (QED) is 0.740. The second kappa shape index (κ2) is 5.91. The van der Waals surface area contributed by atoms with Crippen LogP contribution in [0.15, 0.2) is 35.7 Å². The van der Waals surface area contributed by atoms with Crippen molar-refractivity contribution in [2.24, 2.45) is 0 Å². The lowest BCUT2D eigenvalue weighted by Crippen LogP contribution is -2.07. The molecule has 0 aliphatic carbocycles. The number of hydrogen-bond acceptors (Lipinski definition) is 4. The Morgan fingerprint density at radius 2 is 1.92 bits per heavy atom. The average molecular weight is 374 g/mol. The number of carboxylic acids is 1. The molecule has 2 heterocycles. The molecule has 0 saturated carbocycles. The number of alkyl halides is 3. The van der Waals surface area contributed by atoms with Gasteiger partial charge in [0.2, 0.25) is 5.13 Å². The van der Waals surface area contributed by atoms with E-state index in [0.29, 0.717) is 10.6 Å². The SMILES string of the molecule is O=C(O)c1csc(-n2nc(C(F)(F)F)cc2-c2ccc(Cl)cc2)n1. The molecule has 0 saturated heterocycles. The van der Waals surface area contributed by atoms with Gasteiger partial charge in [-0.25, -0.2) is 14.5 Å². The summed E-state index contributed by atoms with van der Waals surface area (Å²) in [6.45, 7) is 0. The predicted octanol–water partition coefficient (Wildman–Crippen LogP) is 4.37. The molecule has 3 rings (SSSR count). The van der Waals surface area contributed by atoms with Gasteiger partial charge in [0, 0.05) is 16.0 Å². The number of halogens is 4. The highest BCUT2D eigenvalue weighted by molar-refractivity contribution is 7.12. The number of hydrogen-bond donors (Lipinski definition) is 1. The van der Waals surface area contributed by atoms with Crippen LogP contribution in [-0.2, 0) is 6.18 Å². The van der Waals surface area contributed by atoms with Gasteiger partial charge in [-0.1, -0.05) is 23.7 Å². The molecule has 24 heavy (non-hydrogen) atoms. The van der Waals surface area contributed by atoms with Crippen molar-refractivity contribution in [3.05, 3.63) is 52.1 Å². The van der Waals surface area contributed by atoms with Crippen molar-refractivity contribution in [3.8, 4) is 16.4 Å². The van der Waals surface area contributed by atoms with Crippen molar-refractivity contribution in [2.45, 2.75) is 6.18 Å². The van der Waals surface area contributed by atoms with E-state index >= 15 is 0 Å². The summed E-state index contributed by atoms with van der Waals surface area (Å²) in [7, 11) is 0. The zero-order valence-electron chi connectivity index (χ0n) is 11.6. The first-order chi connectivity index (χ1) is 11.3. The number of rotatable bonds is 3. The molecule has 124 valence electrons. The van der Waals surface area contributed by atoms with Crippen molar-refractivity contribution >= 4 is 28.9 Å². The molecule has 1 aromatic carbocycles. The van der Waals surface area contributed by atoms with Crippen LogP contribution in [0.5, 0.6) is 0 Å². The van der Waals surface area contributed by atoms with Crippen LogP contribution >= 0.6 is 22.9 Å². The standard InChI is InChI=1S/C14H7ClF3N3O2S/c15-8-3-1-7(2-4-8)10-5-11(14(16,17)18)20-21(10)13-19-9(6-24-13)12(22)23/h1-6H,(H,22,23). The lowest BCUT2D eigenvalue weighted by molar-refractivity contribution is -0.141. The summed E-state index contributed by atoms with van der Waals surface area (Å²) >= 11 is 6.68. The zero-order chi connectivity index (χ0) is 17.5. The highest BCUT2D eigenvalue weighted by Gasteiger charge is 2.35. The van der Waals surface area contributed by atoms with Crippen LogP contribution in [-0.4, -0.2) is 25.8 Å². The molecular formula is C14H7ClF3N3O2S. The van der Waals surface area contributed by atoms with Crippen LogP contribution in [0.4, 0.5) is 13.2 Å². The first-order valence-corrected chi connectivity index (χ1v) is 7.64. The number of carbonyl (C=O) groups is 1. The van der Waals surface area contributed by atoms with E-state index in [1.165, 1.54) is 17.5 Å². The Balaban J connectivity index is 2.17. The van der Waals surface area contributed by atoms with Gasteiger partial charge in [-0.05, 0) is 18.2 Å². The minimum absolute atomic E-state index is 0.0212. The molecule has 0 unspecified atom stereocenters. The molecule has 5 nitrogen and oxygen atoms in total. The summed E-state index contributed by atoms with van der Waals surface area (Å²) in [6, 6.07) is 7.03. The monoisotopic (exact) mass is 373 g/mol. The summed E-state index contributed by atoms with van der Waals surface area (Å²) in [6.07, 6.45) is -4.64. The van der Waals surface area contributed by atoms with Crippen LogP contribution in [0, 0.1) is 0 Å². The molecule has 0 aliphatic heterocycles. The zero-order valence-corrected chi connectivity index (χ0v) is 13.2. The van der Waals surface area contributed by atoms with E-state index in [0.717, 1.165) is 22.1 Å². The number of aromatic nitrogens is 3. The summed E-state index contributed by atoms with van der Waals surface area (Å²) in [4.78, 5) is 14.7. The Labute approximate surface area is 141 Å². The Kier molecular flexibility index (Phi) is 4.06. The van der Waals surface area contributed by atoms with Crippen molar-refractivity contribution in [3.63, 3.8) is 0 Å². The molecule has 0 aliphatic rings. The van der Waals surface area contributed by atoms with Crippen LogP contribution < -0.4 is 0 Å². The summed E-state index contributed by atoms with van der Waals surface area (Å²) < 4.78 is 40.0. The van der Waals surface area contributed by atoms with E-state index in [1.807, 2.05) is 0 Å². The topological polar surface area (TPSA) is 68.0 Å². The van der Waals surface area contributed by atoms with Gasteiger partial charge in [0.05, 0.1) is 5.69 Å². The second-order valence-corrected chi connectivity index (χ2v) is 5.92. The van der Waals surface area contributed by atoms with E-state index in [-0.39, 0.29) is 16.5 Å². The van der Waals surface area contributed by atoms with Crippen molar-refractivity contribution in [1.82, 2.24) is 14.8 Å². The lowest BCUT2D eigenvalue weighted by atomic mass is 10.1. The first-order valence-electron chi connectivity index (χ1n) is 6.38. The minimum atomic E-state index is -4.64. The maximum Gasteiger partial charge on any atom is 0.435 e.